The number of nitrogens with zero attached hydrogens (tertiary/aromatic N) is 2. The monoisotopic (exact) mass is 806 g/mol. The number of allylic oxidation sites excluding steroid dienone is 3. The third kappa shape index (κ3) is 8.86. The Bertz CT molecular complexity index is 1930. The molecule has 14 nitrogen and oxygen atoms in total. The first-order valence-electron chi connectivity index (χ1n) is 17.4. The molecule has 3 heterocycles. The van der Waals surface area contributed by atoms with Crippen LogP contribution >= 0.6 is 23.2 Å². The van der Waals surface area contributed by atoms with Gasteiger partial charge < -0.3 is 44.3 Å². The molecule has 0 spiro atoms. The summed E-state index contributed by atoms with van der Waals surface area (Å²) in [5.74, 6) is -2.73. The number of nitrogens with one attached hydrogen (secondary N) is 1. The molecule has 3 amide bonds. The molecule has 2 aromatic rings. The van der Waals surface area contributed by atoms with Gasteiger partial charge in [0, 0.05) is 34.0 Å². The molecule has 0 unspecified atom stereocenters. The molecule has 55 heavy (non-hydrogen) atoms. The van der Waals surface area contributed by atoms with Crippen LogP contribution in [0.4, 0.5) is 20.6 Å². The van der Waals surface area contributed by atoms with Crippen molar-refractivity contribution in [2.24, 2.45) is 0 Å². The molecule has 4 bridgehead atoms. The zero-order chi connectivity index (χ0) is 40.6. The predicted octanol–water partition coefficient (Wildman–Crippen LogP) is 4.96. The van der Waals surface area contributed by atoms with E-state index < -0.39 is 77.9 Å². The van der Waals surface area contributed by atoms with Crippen molar-refractivity contribution >= 4 is 58.5 Å². The van der Waals surface area contributed by atoms with Crippen LogP contribution in [0.1, 0.15) is 56.0 Å². The number of nitrogen functional groups attached to an aromatic ring is 1. The number of esters is 1. The maximum absolute atomic E-state index is 14.3. The number of benzene rings is 2. The van der Waals surface area contributed by atoms with Gasteiger partial charge in [0.15, 0.2) is 5.72 Å². The van der Waals surface area contributed by atoms with Crippen molar-refractivity contribution < 1.29 is 52.4 Å². The van der Waals surface area contributed by atoms with Crippen molar-refractivity contribution in [1.82, 2.24) is 10.2 Å². The van der Waals surface area contributed by atoms with E-state index in [-0.39, 0.29) is 34.1 Å². The number of hydrogen-bond acceptors (Lipinski definition) is 11. The molecular weight excluding hydrogens is 762 g/mol. The Morgan fingerprint density at radius 1 is 1.20 bits per heavy atom. The number of epoxide rings is 1. The van der Waals surface area contributed by atoms with Gasteiger partial charge in [0.25, 0.3) is 5.91 Å². The van der Waals surface area contributed by atoms with Crippen LogP contribution in [-0.4, -0.2) is 104 Å². The van der Waals surface area contributed by atoms with Crippen LogP contribution < -0.4 is 20.7 Å². The Balaban J connectivity index is 1.50. The predicted molar refractivity (Wildman–Crippen MR) is 202 cm³/mol. The van der Waals surface area contributed by atoms with E-state index in [0.717, 1.165) is 28.2 Å². The summed E-state index contributed by atoms with van der Waals surface area (Å²) in [5.41, 5.74) is 3.96. The highest BCUT2D eigenvalue weighted by Crippen LogP contribution is 2.47. The molecule has 3 aliphatic rings. The lowest BCUT2D eigenvalue weighted by atomic mass is 9.90. The normalized spacial score (nSPS) is 29.1. The van der Waals surface area contributed by atoms with Crippen LogP contribution in [0.15, 0.2) is 48.1 Å². The van der Waals surface area contributed by atoms with E-state index in [9.17, 15) is 28.7 Å². The molecule has 2 fully saturated rings. The zero-order valence-corrected chi connectivity index (χ0v) is 33.0. The molecule has 4 N–H and O–H groups in total. The first kappa shape index (κ1) is 41.7. The van der Waals surface area contributed by atoms with Crippen LogP contribution in [-0.2, 0) is 35.0 Å². The summed E-state index contributed by atoms with van der Waals surface area (Å²) < 4.78 is 43.1. The average molecular weight is 808 g/mol. The highest BCUT2D eigenvalue weighted by molar-refractivity contribution is 6.35. The fourth-order valence-electron chi connectivity index (χ4n) is 6.74. The summed E-state index contributed by atoms with van der Waals surface area (Å²) >= 11 is 12.9. The van der Waals surface area contributed by atoms with Crippen LogP contribution in [0.2, 0.25) is 10.0 Å². The number of nitrogens with two attached hydrogens (primary N) is 1. The number of fused-ring (bicyclic) bond motifs is 5. The summed E-state index contributed by atoms with van der Waals surface area (Å²) in [6.45, 7) is 4.94. The number of alkyl carbamates (subject to hydrolysis) is 1. The third-order valence-electron chi connectivity index (χ3n) is 10.3. The first-order valence-corrected chi connectivity index (χ1v) is 18.2. The van der Waals surface area contributed by atoms with Gasteiger partial charge in [-0.2, -0.15) is 0 Å². The Hall–Kier alpha value is -4.41. The second-order valence-corrected chi connectivity index (χ2v) is 15.0. The highest BCUT2D eigenvalue weighted by atomic mass is 35.5. The molecule has 3 aliphatic heterocycles. The Labute approximate surface area is 328 Å². The minimum Gasteiger partial charge on any atom is -0.495 e. The molecule has 17 heteroatoms. The van der Waals surface area contributed by atoms with Gasteiger partial charge in [-0.1, -0.05) is 47.0 Å². The second-order valence-electron chi connectivity index (χ2n) is 14.2. The Morgan fingerprint density at radius 3 is 2.58 bits per heavy atom. The van der Waals surface area contributed by atoms with E-state index in [4.69, 9.17) is 52.6 Å². The first-order chi connectivity index (χ1) is 25.8. The van der Waals surface area contributed by atoms with Gasteiger partial charge >= 0.3 is 12.1 Å². The molecule has 2 aromatic carbocycles. The molecule has 7 atom stereocenters. The summed E-state index contributed by atoms with van der Waals surface area (Å²) in [7, 11) is 5.70. The van der Waals surface area contributed by atoms with E-state index in [2.05, 4.69) is 5.32 Å². The topological polar surface area (TPSA) is 182 Å². The minimum absolute atomic E-state index is 0.0592. The van der Waals surface area contributed by atoms with Crippen molar-refractivity contribution in [2.75, 3.05) is 38.9 Å². The van der Waals surface area contributed by atoms with E-state index in [1.807, 2.05) is 13.0 Å². The molecule has 298 valence electrons. The second kappa shape index (κ2) is 16.4. The number of likely N-dealkylation sites (N-methyl/N-ethyl adjacent to an activating group) is 1. The quantitative estimate of drug-likeness (QED) is 0.204. The number of rotatable bonds is 6. The van der Waals surface area contributed by atoms with E-state index in [1.165, 1.54) is 40.1 Å². The summed E-state index contributed by atoms with van der Waals surface area (Å²) in [6, 6.07) is 4.24. The van der Waals surface area contributed by atoms with Crippen LogP contribution in [0.25, 0.3) is 0 Å². The summed E-state index contributed by atoms with van der Waals surface area (Å²) in [4.78, 5) is 56.3. The molecule has 0 saturated carbocycles. The van der Waals surface area contributed by atoms with Crippen molar-refractivity contribution in [1.29, 1.82) is 0 Å². The lowest BCUT2D eigenvalue weighted by molar-refractivity contribution is -0.158. The van der Waals surface area contributed by atoms with Crippen LogP contribution in [0.3, 0.4) is 0 Å². The van der Waals surface area contributed by atoms with Crippen LogP contribution in [0.5, 0.6) is 5.75 Å². The van der Waals surface area contributed by atoms with Gasteiger partial charge in [0.05, 0.1) is 41.6 Å². The van der Waals surface area contributed by atoms with E-state index in [0.29, 0.717) is 17.9 Å². The maximum atomic E-state index is 14.3. The number of amides is 3. The number of hydrogen-bond donors (Lipinski definition) is 3. The molecule has 0 aliphatic carbocycles. The third-order valence-corrected chi connectivity index (χ3v) is 11.0. The fraction of sp³-hybridized carbons (Fsp3) is 0.474. The van der Waals surface area contributed by atoms with Gasteiger partial charge in [-0.25, -0.2) is 14.0 Å². The van der Waals surface area contributed by atoms with Crippen LogP contribution in [0, 0.1) is 5.82 Å². The number of carbonyl (C=O) groups excluding carboxylic acids is 4. The smallest absolute Gasteiger partial charge is 0.409 e. The summed E-state index contributed by atoms with van der Waals surface area (Å²) in [6.07, 6.45) is 0.482. The van der Waals surface area contributed by atoms with Gasteiger partial charge in [-0.15, -0.1) is 0 Å². The zero-order valence-electron chi connectivity index (χ0n) is 31.5. The lowest BCUT2D eigenvalue weighted by Crippen LogP contribution is -2.62. The standard InChI is InChI=1S/C38H45Cl2FN4O10/c1-19-9-8-10-29(52-7)38(50)18-22(53-36(49)43-38)14-31-37(3,55-31)30(17-32(46)45(5)27-12-21(11-19)13-28(51-6)33(27)40)54-35(48)20(2)44(4)34(47)23-15-25(41)26(42)16-24(23)39/h8-10,12-13,15-16,20,22,29-31,50H,11,14,17-18,42H2,1-7H3,(H,43,49)/b10-8+,19-9+/t20-,22+,29+,30-,31-,37-,38-/m0/s1. The number of methoxy groups -OCH3 is 2. The van der Waals surface area contributed by atoms with Crippen molar-refractivity contribution in [3.8, 4) is 5.75 Å². The molecule has 0 aromatic heterocycles. The van der Waals surface area contributed by atoms with Gasteiger partial charge in [-0.05, 0) is 57.0 Å². The fourth-order valence-corrected chi connectivity index (χ4v) is 7.31. The summed E-state index contributed by atoms with van der Waals surface area (Å²) in [5, 5.41) is 14.2. The van der Waals surface area contributed by atoms with Gasteiger partial charge in [-0.3, -0.25) is 14.9 Å². The van der Waals surface area contributed by atoms with Crippen molar-refractivity contribution in [3.63, 3.8) is 0 Å². The van der Waals surface area contributed by atoms with Crippen molar-refractivity contribution in [2.45, 2.75) is 88.2 Å². The Morgan fingerprint density at radius 2 is 1.91 bits per heavy atom. The average Bonchev–Trinajstić information content (AvgIpc) is 3.78. The molecule has 2 saturated heterocycles. The van der Waals surface area contributed by atoms with Crippen molar-refractivity contribution in [3.05, 3.63) is 75.1 Å². The minimum atomic E-state index is -1.85. The lowest BCUT2D eigenvalue weighted by Gasteiger charge is -2.40. The number of carbonyl (C=O) groups is 4. The molecular formula is C38H45Cl2FN4O10. The highest BCUT2D eigenvalue weighted by Gasteiger charge is 2.61. The number of halogens is 3. The molecule has 0 radical (unpaired) electrons. The molecule has 5 rings (SSSR count). The van der Waals surface area contributed by atoms with Gasteiger partial charge in [0.2, 0.25) is 5.91 Å². The number of anilines is 2. The maximum Gasteiger partial charge on any atom is 0.409 e. The largest absolute Gasteiger partial charge is 0.495 e. The SMILES string of the molecule is COc1cc2cc(c1Cl)N(C)C(=O)C[C@H](OC(=O)[C@H](C)N(C)C(=O)c1cc(F)c(N)cc1Cl)[C@]1(C)O[C@H]1C[C@@H]1C[C@@](O)(NC(=O)O1)[C@H](OC)/C=C/C=C(\C)C2. The number of aliphatic hydroxyl groups is 1. The van der Waals surface area contributed by atoms with E-state index in [1.54, 1.807) is 31.2 Å². The Kier molecular flexibility index (Phi) is 12.4. The van der Waals surface area contributed by atoms with Gasteiger partial charge in [0.1, 0.15) is 46.5 Å². The van der Waals surface area contributed by atoms with E-state index >= 15 is 0 Å². The number of ether oxygens (including phenoxy) is 5.